The quantitative estimate of drug-likeness (QED) is 0.437. The lowest BCUT2D eigenvalue weighted by molar-refractivity contribution is 0.242. The highest BCUT2D eigenvalue weighted by atomic mass is 35.5. The monoisotopic (exact) mass is 417 g/mol. The number of hydrogen-bond acceptors (Lipinski definition) is 3. The molecule has 2 heterocycles. The molecule has 0 saturated carbocycles. The summed E-state index contributed by atoms with van der Waals surface area (Å²) < 4.78 is 1.11. The summed E-state index contributed by atoms with van der Waals surface area (Å²) in [5.74, 6) is 0. The number of nitrogens with one attached hydrogen (secondary N) is 2. The zero-order chi connectivity index (χ0) is 19.8. The number of carbonyl (C=O) groups is 1. The number of urea groups is 1. The van der Waals surface area contributed by atoms with Crippen LogP contribution in [0, 0.1) is 0 Å². The Bertz CT molecular complexity index is 1200. The highest BCUT2D eigenvalue weighted by molar-refractivity contribution is 7.19. The Balaban J connectivity index is 1.76. The van der Waals surface area contributed by atoms with Crippen LogP contribution in [0.25, 0.3) is 21.5 Å². The number of fused-ring (bicyclic) bond motifs is 1. The maximum Gasteiger partial charge on any atom is 0.320 e. The minimum absolute atomic E-state index is 0.242. The second kappa shape index (κ2) is 7.35. The van der Waals surface area contributed by atoms with Gasteiger partial charge in [0.25, 0.3) is 0 Å². The molecule has 1 aromatic heterocycles. The minimum Gasteiger partial charge on any atom is -0.327 e. The van der Waals surface area contributed by atoms with Crippen LogP contribution in [0.3, 0.4) is 0 Å². The van der Waals surface area contributed by atoms with E-state index >= 15 is 0 Å². The van der Waals surface area contributed by atoms with Crippen LogP contribution in [0.4, 0.5) is 4.79 Å². The van der Waals surface area contributed by atoms with E-state index in [0.29, 0.717) is 5.02 Å². The van der Waals surface area contributed by atoms with Gasteiger partial charge in [-0.05, 0) is 35.4 Å². The second-order valence-electron chi connectivity index (χ2n) is 6.72. The van der Waals surface area contributed by atoms with Crippen LogP contribution in [0.1, 0.15) is 22.2 Å². The topological polar surface area (TPSA) is 54.0 Å². The van der Waals surface area contributed by atoms with Gasteiger partial charge in [0.15, 0.2) is 0 Å². The summed E-state index contributed by atoms with van der Waals surface area (Å²) in [5, 5.41) is 7.60. The van der Waals surface area contributed by atoms with Crippen molar-refractivity contribution in [3.05, 3.63) is 100 Å². The average Bonchev–Trinajstić information content (AvgIpc) is 3.18. The number of halogens is 1. The molecule has 1 aliphatic rings. The molecule has 0 fully saturated rings. The standard InChI is InChI=1S/C23H16ClN3OS/c24-16-12-10-15(11-13-16)21-19(22-25-17-8-4-5-9-18(17)29-22)20(26-23(28)27-21)14-6-2-1-3-7-14/h1-13,21H,(H2,26,27,28)/t21-/m1/s1. The summed E-state index contributed by atoms with van der Waals surface area (Å²) in [6.07, 6.45) is 0. The minimum atomic E-state index is -0.336. The zero-order valence-electron chi connectivity index (χ0n) is 15.2. The Morgan fingerprint density at radius 2 is 1.62 bits per heavy atom. The number of aromatic nitrogens is 1. The zero-order valence-corrected chi connectivity index (χ0v) is 16.8. The predicted octanol–water partition coefficient (Wildman–Crippen LogP) is 5.87. The summed E-state index contributed by atoms with van der Waals surface area (Å²) in [4.78, 5) is 17.4. The van der Waals surface area contributed by atoms with E-state index in [1.165, 1.54) is 0 Å². The van der Waals surface area contributed by atoms with Gasteiger partial charge in [-0.2, -0.15) is 0 Å². The van der Waals surface area contributed by atoms with E-state index in [2.05, 4.69) is 16.7 Å². The van der Waals surface area contributed by atoms with Crippen molar-refractivity contribution in [2.75, 3.05) is 0 Å². The fraction of sp³-hybridized carbons (Fsp3) is 0.0435. The van der Waals surface area contributed by atoms with E-state index in [1.54, 1.807) is 11.3 Å². The van der Waals surface area contributed by atoms with Gasteiger partial charge >= 0.3 is 6.03 Å². The van der Waals surface area contributed by atoms with Crippen molar-refractivity contribution in [3.8, 4) is 0 Å². The van der Waals surface area contributed by atoms with Crippen molar-refractivity contribution in [3.63, 3.8) is 0 Å². The van der Waals surface area contributed by atoms with Gasteiger partial charge in [0.05, 0.1) is 22.0 Å². The molecule has 4 nitrogen and oxygen atoms in total. The van der Waals surface area contributed by atoms with Crippen LogP contribution in [0.5, 0.6) is 0 Å². The average molecular weight is 418 g/mol. The fourth-order valence-corrected chi connectivity index (χ4v) is 4.69. The molecule has 5 rings (SSSR count). The van der Waals surface area contributed by atoms with Crippen molar-refractivity contribution < 1.29 is 4.79 Å². The van der Waals surface area contributed by atoms with Crippen molar-refractivity contribution in [1.82, 2.24) is 15.6 Å². The number of rotatable bonds is 3. The summed E-state index contributed by atoms with van der Waals surface area (Å²) in [6.45, 7) is 0. The van der Waals surface area contributed by atoms with E-state index in [4.69, 9.17) is 16.6 Å². The maximum atomic E-state index is 12.5. The van der Waals surface area contributed by atoms with Crippen molar-refractivity contribution >= 4 is 50.5 Å². The number of amides is 2. The Morgan fingerprint density at radius 1 is 0.897 bits per heavy atom. The number of para-hydroxylation sites is 1. The van der Waals surface area contributed by atoms with Crippen LogP contribution in [0.2, 0.25) is 5.02 Å². The van der Waals surface area contributed by atoms with Crippen molar-refractivity contribution in [2.24, 2.45) is 0 Å². The summed E-state index contributed by atoms with van der Waals surface area (Å²) >= 11 is 7.71. The molecule has 0 aliphatic carbocycles. The number of nitrogens with zero attached hydrogens (tertiary/aromatic N) is 1. The highest BCUT2D eigenvalue weighted by Crippen LogP contribution is 2.40. The molecule has 2 N–H and O–H groups in total. The van der Waals surface area contributed by atoms with Gasteiger partial charge in [-0.1, -0.05) is 66.2 Å². The maximum absolute atomic E-state index is 12.5. The first-order chi connectivity index (χ1) is 14.2. The van der Waals surface area contributed by atoms with Crippen LogP contribution in [-0.2, 0) is 0 Å². The number of thiazole rings is 1. The molecule has 4 aromatic rings. The third-order valence-corrected chi connectivity index (χ3v) is 6.18. The third-order valence-electron chi connectivity index (χ3n) is 4.86. The van der Waals surface area contributed by atoms with Crippen LogP contribution in [-0.4, -0.2) is 11.0 Å². The summed E-state index contributed by atoms with van der Waals surface area (Å²) in [5.41, 5.74) is 4.55. The Labute approximate surface area is 176 Å². The largest absolute Gasteiger partial charge is 0.327 e. The predicted molar refractivity (Wildman–Crippen MR) is 119 cm³/mol. The first kappa shape index (κ1) is 17.9. The van der Waals surface area contributed by atoms with E-state index in [9.17, 15) is 4.79 Å². The van der Waals surface area contributed by atoms with E-state index in [-0.39, 0.29) is 12.1 Å². The third kappa shape index (κ3) is 3.39. The molecule has 6 heteroatoms. The molecular weight excluding hydrogens is 402 g/mol. The van der Waals surface area contributed by atoms with Crippen LogP contribution >= 0.6 is 22.9 Å². The van der Waals surface area contributed by atoms with E-state index in [1.807, 2.05) is 72.8 Å². The normalized spacial score (nSPS) is 16.6. The first-order valence-corrected chi connectivity index (χ1v) is 10.4. The van der Waals surface area contributed by atoms with Crippen molar-refractivity contribution in [2.45, 2.75) is 6.04 Å². The van der Waals surface area contributed by atoms with Gasteiger partial charge in [0.2, 0.25) is 0 Å². The first-order valence-electron chi connectivity index (χ1n) is 9.17. The van der Waals surface area contributed by atoms with E-state index < -0.39 is 0 Å². The number of benzene rings is 3. The van der Waals surface area contributed by atoms with Crippen LogP contribution in [0.15, 0.2) is 78.9 Å². The van der Waals surface area contributed by atoms with Gasteiger partial charge in [0, 0.05) is 10.6 Å². The van der Waals surface area contributed by atoms with Gasteiger partial charge in [-0.25, -0.2) is 9.78 Å². The SMILES string of the molecule is O=C1NC(c2ccccc2)=C(c2nc3ccccc3s2)[C@@H](c2ccc(Cl)cc2)N1. The van der Waals surface area contributed by atoms with Crippen LogP contribution < -0.4 is 10.6 Å². The Kier molecular flexibility index (Phi) is 4.54. The summed E-state index contributed by atoms with van der Waals surface area (Å²) in [7, 11) is 0. The lowest BCUT2D eigenvalue weighted by Gasteiger charge is -2.30. The molecule has 1 atom stereocenters. The van der Waals surface area contributed by atoms with Crippen molar-refractivity contribution in [1.29, 1.82) is 0 Å². The van der Waals surface area contributed by atoms with Gasteiger partial charge in [0.1, 0.15) is 5.01 Å². The van der Waals surface area contributed by atoms with E-state index in [0.717, 1.165) is 37.6 Å². The molecular formula is C23H16ClN3OS. The molecule has 0 saturated heterocycles. The molecule has 0 unspecified atom stereocenters. The molecule has 2 amide bonds. The fourth-order valence-electron chi connectivity index (χ4n) is 3.52. The molecule has 1 aliphatic heterocycles. The van der Waals surface area contributed by atoms with Gasteiger partial charge in [-0.15, -0.1) is 11.3 Å². The van der Waals surface area contributed by atoms with Gasteiger partial charge < -0.3 is 10.6 Å². The highest BCUT2D eigenvalue weighted by Gasteiger charge is 2.31. The number of carbonyl (C=O) groups excluding carboxylic acids is 1. The molecule has 142 valence electrons. The molecule has 0 spiro atoms. The molecule has 0 radical (unpaired) electrons. The molecule has 3 aromatic carbocycles. The molecule has 29 heavy (non-hydrogen) atoms. The lowest BCUT2D eigenvalue weighted by atomic mass is 9.93. The summed E-state index contributed by atoms with van der Waals surface area (Å²) in [6, 6.07) is 24.9. The smallest absolute Gasteiger partial charge is 0.320 e. The Hall–Kier alpha value is -3.15. The molecule has 0 bridgehead atoms. The van der Waals surface area contributed by atoms with Gasteiger partial charge in [-0.3, -0.25) is 0 Å². The Morgan fingerprint density at radius 3 is 2.38 bits per heavy atom. The second-order valence-corrected chi connectivity index (χ2v) is 8.19. The lowest BCUT2D eigenvalue weighted by Crippen LogP contribution is -2.42. The number of hydrogen-bond donors (Lipinski definition) is 2.